The summed E-state index contributed by atoms with van der Waals surface area (Å²) in [6, 6.07) is 6.99. The molecule has 1 aromatic heterocycles. The van der Waals surface area contributed by atoms with Crippen LogP contribution in [0.15, 0.2) is 24.3 Å². The van der Waals surface area contributed by atoms with Crippen molar-refractivity contribution in [3.63, 3.8) is 0 Å². The molecule has 1 aliphatic heterocycles. The number of halogens is 1. The van der Waals surface area contributed by atoms with E-state index in [2.05, 4.69) is 15.4 Å². The minimum atomic E-state index is -0.864. The molecular weight excluding hydrogens is 334 g/mol. The van der Waals surface area contributed by atoms with Gasteiger partial charge in [0.05, 0.1) is 5.92 Å². The highest BCUT2D eigenvalue weighted by Crippen LogP contribution is 2.18. The van der Waals surface area contributed by atoms with Crippen LogP contribution >= 0.6 is 11.6 Å². The van der Waals surface area contributed by atoms with Crippen molar-refractivity contribution in [3.05, 3.63) is 29.3 Å². The van der Waals surface area contributed by atoms with Gasteiger partial charge in [-0.3, -0.25) is 9.59 Å². The summed E-state index contributed by atoms with van der Waals surface area (Å²) < 4.78 is 0. The number of aliphatic carboxylic acids is 1. The van der Waals surface area contributed by atoms with E-state index in [0.29, 0.717) is 30.2 Å². The molecule has 2 heterocycles. The van der Waals surface area contributed by atoms with Crippen LogP contribution in [0.1, 0.15) is 12.8 Å². The standard InChI is InChI=1S/C15H16ClN5O3/c16-12-5-3-10(4-6-12)14-17-19-21(18-14)9-13(22)20-7-1-2-11(8-20)15(23)24/h3-6,11H,1-2,7-9H2,(H,23,24)/t11-/m0/s1. The molecule has 9 heteroatoms. The molecule has 24 heavy (non-hydrogen) atoms. The van der Waals surface area contributed by atoms with E-state index in [1.54, 1.807) is 29.2 Å². The third-order valence-electron chi connectivity index (χ3n) is 3.96. The van der Waals surface area contributed by atoms with Crippen molar-refractivity contribution in [1.82, 2.24) is 25.1 Å². The zero-order chi connectivity index (χ0) is 17.1. The van der Waals surface area contributed by atoms with Crippen molar-refractivity contribution >= 4 is 23.5 Å². The second-order valence-electron chi connectivity index (χ2n) is 5.67. The molecule has 0 radical (unpaired) electrons. The Morgan fingerprint density at radius 2 is 2.04 bits per heavy atom. The SMILES string of the molecule is O=C(O)[C@H]1CCCN(C(=O)Cn2nnc(-c3ccc(Cl)cc3)n2)C1. The second kappa shape index (κ2) is 6.96. The van der Waals surface area contributed by atoms with Gasteiger partial charge in [-0.15, -0.1) is 10.2 Å². The summed E-state index contributed by atoms with van der Waals surface area (Å²) in [5, 5.41) is 21.7. The van der Waals surface area contributed by atoms with Crippen LogP contribution in [-0.4, -0.2) is 55.2 Å². The molecule has 1 fully saturated rings. The van der Waals surface area contributed by atoms with Crippen molar-refractivity contribution in [2.24, 2.45) is 5.92 Å². The Kier molecular flexibility index (Phi) is 4.75. The van der Waals surface area contributed by atoms with E-state index in [-0.39, 0.29) is 19.0 Å². The van der Waals surface area contributed by atoms with E-state index < -0.39 is 11.9 Å². The number of rotatable bonds is 4. The molecule has 1 aromatic carbocycles. The van der Waals surface area contributed by atoms with Crippen LogP contribution in [0, 0.1) is 5.92 Å². The molecule has 0 unspecified atom stereocenters. The van der Waals surface area contributed by atoms with Gasteiger partial charge in [-0.1, -0.05) is 11.6 Å². The van der Waals surface area contributed by atoms with Gasteiger partial charge in [-0.05, 0) is 42.3 Å². The Hall–Kier alpha value is -2.48. The Morgan fingerprint density at radius 1 is 1.29 bits per heavy atom. The van der Waals surface area contributed by atoms with Crippen LogP contribution in [0.5, 0.6) is 0 Å². The number of carbonyl (C=O) groups is 2. The summed E-state index contributed by atoms with van der Waals surface area (Å²) >= 11 is 5.84. The van der Waals surface area contributed by atoms with Gasteiger partial charge in [0.1, 0.15) is 6.54 Å². The molecular formula is C15H16ClN5O3. The number of hydrogen-bond acceptors (Lipinski definition) is 5. The van der Waals surface area contributed by atoms with Crippen molar-refractivity contribution in [2.45, 2.75) is 19.4 Å². The van der Waals surface area contributed by atoms with Gasteiger partial charge >= 0.3 is 5.97 Å². The average molecular weight is 350 g/mol. The van der Waals surface area contributed by atoms with E-state index in [1.165, 1.54) is 4.80 Å². The molecule has 1 amide bonds. The number of piperidine rings is 1. The van der Waals surface area contributed by atoms with E-state index in [1.807, 2.05) is 0 Å². The monoisotopic (exact) mass is 349 g/mol. The molecule has 3 rings (SSSR count). The van der Waals surface area contributed by atoms with Crippen molar-refractivity contribution in [3.8, 4) is 11.4 Å². The molecule has 0 spiro atoms. The second-order valence-corrected chi connectivity index (χ2v) is 6.10. The number of benzene rings is 1. The normalized spacial score (nSPS) is 17.7. The van der Waals surface area contributed by atoms with Gasteiger partial charge in [0.2, 0.25) is 11.7 Å². The number of carboxylic acid groups (broad SMARTS) is 1. The quantitative estimate of drug-likeness (QED) is 0.893. The maximum absolute atomic E-state index is 12.3. The van der Waals surface area contributed by atoms with Gasteiger partial charge in [-0.25, -0.2) is 0 Å². The fourth-order valence-electron chi connectivity index (χ4n) is 2.65. The maximum atomic E-state index is 12.3. The molecule has 0 aliphatic carbocycles. The van der Waals surface area contributed by atoms with Gasteiger partial charge in [0.25, 0.3) is 0 Å². The van der Waals surface area contributed by atoms with Crippen molar-refractivity contribution < 1.29 is 14.7 Å². The van der Waals surface area contributed by atoms with E-state index in [9.17, 15) is 9.59 Å². The summed E-state index contributed by atoms with van der Waals surface area (Å²) in [7, 11) is 0. The highest BCUT2D eigenvalue weighted by molar-refractivity contribution is 6.30. The fraction of sp³-hybridized carbons (Fsp3) is 0.400. The Labute approximate surface area is 143 Å². The zero-order valence-electron chi connectivity index (χ0n) is 12.8. The number of likely N-dealkylation sites (tertiary alicyclic amines) is 1. The molecule has 0 saturated carbocycles. The number of carbonyl (C=O) groups excluding carboxylic acids is 1. The third-order valence-corrected chi connectivity index (χ3v) is 4.21. The summed E-state index contributed by atoms with van der Waals surface area (Å²) in [4.78, 5) is 26.2. The van der Waals surface area contributed by atoms with Crippen LogP contribution in [0.4, 0.5) is 0 Å². The number of carboxylic acids is 1. The summed E-state index contributed by atoms with van der Waals surface area (Å²) in [5.74, 6) is -1.17. The van der Waals surface area contributed by atoms with Gasteiger partial charge in [0.15, 0.2) is 0 Å². The van der Waals surface area contributed by atoms with Crippen LogP contribution in [0.3, 0.4) is 0 Å². The Balaban J connectivity index is 1.65. The average Bonchev–Trinajstić information content (AvgIpc) is 3.04. The van der Waals surface area contributed by atoms with Crippen LogP contribution < -0.4 is 0 Å². The van der Waals surface area contributed by atoms with E-state index >= 15 is 0 Å². The highest BCUT2D eigenvalue weighted by Gasteiger charge is 2.28. The van der Waals surface area contributed by atoms with E-state index in [4.69, 9.17) is 16.7 Å². The molecule has 1 saturated heterocycles. The predicted octanol–water partition coefficient (Wildman–Crippen LogP) is 1.32. The van der Waals surface area contributed by atoms with Crippen molar-refractivity contribution in [2.75, 3.05) is 13.1 Å². The van der Waals surface area contributed by atoms with E-state index in [0.717, 1.165) is 5.56 Å². The highest BCUT2D eigenvalue weighted by atomic mass is 35.5. The molecule has 126 valence electrons. The summed E-state index contributed by atoms with van der Waals surface area (Å²) in [6.45, 7) is 0.723. The van der Waals surface area contributed by atoms with Gasteiger partial charge < -0.3 is 10.0 Å². The molecule has 1 aliphatic rings. The minimum absolute atomic E-state index is 0.0626. The molecule has 2 aromatic rings. The number of amides is 1. The molecule has 1 N–H and O–H groups in total. The van der Waals surface area contributed by atoms with Crippen LogP contribution in [0.2, 0.25) is 5.02 Å². The number of hydrogen-bond donors (Lipinski definition) is 1. The lowest BCUT2D eigenvalue weighted by molar-refractivity contribution is -0.145. The van der Waals surface area contributed by atoms with Gasteiger partial charge in [0, 0.05) is 23.7 Å². The molecule has 8 nitrogen and oxygen atoms in total. The number of tetrazole rings is 1. The minimum Gasteiger partial charge on any atom is -0.481 e. The Morgan fingerprint density at radius 3 is 2.75 bits per heavy atom. The lowest BCUT2D eigenvalue weighted by atomic mass is 9.98. The zero-order valence-corrected chi connectivity index (χ0v) is 13.6. The lowest BCUT2D eigenvalue weighted by Crippen LogP contribution is -2.43. The van der Waals surface area contributed by atoms with Crippen LogP contribution in [0.25, 0.3) is 11.4 Å². The number of nitrogens with zero attached hydrogens (tertiary/aromatic N) is 5. The van der Waals surface area contributed by atoms with Gasteiger partial charge in [-0.2, -0.15) is 4.80 Å². The first-order valence-corrected chi connectivity index (χ1v) is 7.95. The van der Waals surface area contributed by atoms with Crippen LogP contribution in [-0.2, 0) is 16.1 Å². The molecule has 1 atom stereocenters. The topological polar surface area (TPSA) is 101 Å². The predicted molar refractivity (Wildman–Crippen MR) is 85.2 cm³/mol. The Bertz CT molecular complexity index is 746. The summed E-state index contributed by atoms with van der Waals surface area (Å²) in [5.41, 5.74) is 0.752. The number of aromatic nitrogens is 4. The first kappa shape index (κ1) is 16.4. The summed E-state index contributed by atoms with van der Waals surface area (Å²) in [6.07, 6.45) is 1.28. The molecule has 0 bridgehead atoms. The smallest absolute Gasteiger partial charge is 0.308 e. The third kappa shape index (κ3) is 3.70. The first-order chi connectivity index (χ1) is 11.5. The fourth-order valence-corrected chi connectivity index (χ4v) is 2.78. The maximum Gasteiger partial charge on any atom is 0.308 e. The first-order valence-electron chi connectivity index (χ1n) is 7.57. The lowest BCUT2D eigenvalue weighted by Gasteiger charge is -2.30. The largest absolute Gasteiger partial charge is 0.481 e. The van der Waals surface area contributed by atoms with Crippen molar-refractivity contribution in [1.29, 1.82) is 0 Å².